The van der Waals surface area contributed by atoms with Crippen LogP contribution in [0.1, 0.15) is 10.6 Å². The molecule has 3 rings (SSSR count). The highest BCUT2D eigenvalue weighted by Gasteiger charge is 2.16. The minimum atomic E-state index is -4.41. The Kier molecular flexibility index (Phi) is 5.84. The zero-order valence-electron chi connectivity index (χ0n) is 12.8. The van der Waals surface area contributed by atoms with Gasteiger partial charge in [-0.2, -0.15) is 4.57 Å². The van der Waals surface area contributed by atoms with E-state index in [2.05, 4.69) is 70.4 Å². The number of hydrogen-bond donors (Lipinski definition) is 0. The van der Waals surface area contributed by atoms with Gasteiger partial charge in [0.05, 0.1) is 13.5 Å². The maximum absolute atomic E-state index is 9.22. The highest BCUT2D eigenvalue weighted by atomic mass is 32.3. The Morgan fingerprint density at radius 1 is 1.09 bits per heavy atom. The van der Waals surface area contributed by atoms with Crippen molar-refractivity contribution in [2.24, 2.45) is 7.05 Å². The zero-order valence-corrected chi connectivity index (χ0v) is 14.4. The summed E-state index contributed by atoms with van der Waals surface area (Å²) in [5.74, 6) is 0. The van der Waals surface area contributed by atoms with Gasteiger partial charge in [-0.15, -0.1) is 0 Å². The maximum atomic E-state index is 9.22. The van der Waals surface area contributed by atoms with Crippen LogP contribution in [0.25, 0.3) is 10.2 Å². The third kappa shape index (κ3) is 5.11. The fourth-order valence-electron chi connectivity index (χ4n) is 2.08. The lowest BCUT2D eigenvalue weighted by atomic mass is 10.2. The van der Waals surface area contributed by atoms with Crippen molar-refractivity contribution in [3.63, 3.8) is 0 Å². The molecule has 23 heavy (non-hydrogen) atoms. The fourth-order valence-corrected chi connectivity index (χ4v) is 3.26. The van der Waals surface area contributed by atoms with Crippen LogP contribution in [0.2, 0.25) is 0 Å². The van der Waals surface area contributed by atoms with Gasteiger partial charge >= 0.3 is 0 Å². The molecule has 0 aliphatic heterocycles. The van der Waals surface area contributed by atoms with E-state index in [1.165, 1.54) is 20.8 Å². The number of aromatic nitrogens is 1. The summed E-state index contributed by atoms with van der Waals surface area (Å²) in [4.78, 5) is 0. The number of fused-ring (bicyclic) bond motifs is 1. The highest BCUT2D eigenvalue weighted by molar-refractivity contribution is 7.80. The molecule has 0 fully saturated rings. The van der Waals surface area contributed by atoms with Gasteiger partial charge in [0.15, 0.2) is 0 Å². The highest BCUT2D eigenvalue weighted by Crippen LogP contribution is 2.21. The van der Waals surface area contributed by atoms with Gasteiger partial charge in [-0.1, -0.05) is 53.8 Å². The van der Waals surface area contributed by atoms with Gasteiger partial charge in [0.1, 0.15) is 11.7 Å². The first-order valence-electron chi connectivity index (χ1n) is 6.82. The Morgan fingerprint density at radius 3 is 2.22 bits per heavy atom. The van der Waals surface area contributed by atoms with Gasteiger partial charge in [-0.05, 0) is 11.6 Å². The van der Waals surface area contributed by atoms with E-state index in [0.29, 0.717) is 0 Å². The monoisotopic (exact) mass is 351 g/mol. The largest absolute Gasteiger partial charge is 0.726 e. The molecule has 2 aromatic carbocycles. The van der Waals surface area contributed by atoms with Crippen molar-refractivity contribution in [1.82, 2.24) is 0 Å². The van der Waals surface area contributed by atoms with Gasteiger partial charge in [0.2, 0.25) is 20.9 Å². The summed E-state index contributed by atoms with van der Waals surface area (Å²) >= 11 is 1.88. The normalized spacial score (nSPS) is 11.1. The van der Waals surface area contributed by atoms with Crippen molar-refractivity contribution in [2.75, 3.05) is 7.11 Å². The molecule has 7 heteroatoms. The van der Waals surface area contributed by atoms with Gasteiger partial charge in [0.25, 0.3) is 0 Å². The van der Waals surface area contributed by atoms with E-state index in [1.807, 2.05) is 11.3 Å². The lowest BCUT2D eigenvalue weighted by Gasteiger charge is -1.98. The van der Waals surface area contributed by atoms with E-state index in [9.17, 15) is 13.0 Å². The molecule has 0 amide bonds. The Balaban J connectivity index is 0.000000277. The second kappa shape index (κ2) is 7.65. The molecule has 0 aliphatic carbocycles. The van der Waals surface area contributed by atoms with Crippen LogP contribution in [-0.4, -0.2) is 20.1 Å². The second-order valence-electron chi connectivity index (χ2n) is 4.76. The number of nitrogens with zero attached hydrogens (tertiary/aromatic N) is 1. The van der Waals surface area contributed by atoms with Crippen molar-refractivity contribution in [1.29, 1.82) is 0 Å². The minimum absolute atomic E-state index is 0.808. The molecule has 0 bridgehead atoms. The van der Waals surface area contributed by atoms with Crippen LogP contribution >= 0.6 is 11.3 Å². The Morgan fingerprint density at radius 2 is 1.65 bits per heavy atom. The van der Waals surface area contributed by atoms with E-state index in [-0.39, 0.29) is 0 Å². The van der Waals surface area contributed by atoms with Crippen LogP contribution in [0.4, 0.5) is 0 Å². The van der Waals surface area contributed by atoms with Crippen LogP contribution in [0.5, 0.6) is 0 Å². The summed E-state index contributed by atoms with van der Waals surface area (Å²) in [6, 6.07) is 19.2. The zero-order chi connectivity index (χ0) is 16.9. The smallest absolute Gasteiger partial charge is 0.242 e. The van der Waals surface area contributed by atoms with Gasteiger partial charge in [-0.25, -0.2) is 8.42 Å². The molecule has 0 radical (unpaired) electrons. The number of thiazole rings is 1. The molecule has 0 saturated heterocycles. The van der Waals surface area contributed by atoms with E-state index in [1.54, 1.807) is 0 Å². The van der Waals surface area contributed by atoms with Gasteiger partial charge in [-0.3, -0.25) is 4.18 Å². The first kappa shape index (κ1) is 17.6. The maximum Gasteiger partial charge on any atom is 0.242 e. The Hall–Kier alpha value is -1.80. The van der Waals surface area contributed by atoms with Crippen molar-refractivity contribution in [2.45, 2.75) is 6.42 Å². The molecule has 0 saturated carbocycles. The van der Waals surface area contributed by atoms with Crippen LogP contribution in [0, 0.1) is 0 Å². The number of para-hydroxylation sites is 1. The summed E-state index contributed by atoms with van der Waals surface area (Å²) in [5, 5.41) is 1.40. The van der Waals surface area contributed by atoms with Crippen molar-refractivity contribution >= 4 is 32.0 Å². The summed E-state index contributed by atoms with van der Waals surface area (Å²) < 4.78 is 34.7. The average Bonchev–Trinajstić information content (AvgIpc) is 2.85. The van der Waals surface area contributed by atoms with Crippen molar-refractivity contribution < 1.29 is 21.7 Å². The third-order valence-corrected chi connectivity index (χ3v) is 4.86. The summed E-state index contributed by atoms with van der Waals surface area (Å²) in [5.41, 5.74) is 2.69. The molecule has 0 aliphatic rings. The van der Waals surface area contributed by atoms with Gasteiger partial charge < -0.3 is 4.55 Å². The molecule has 0 unspecified atom stereocenters. The van der Waals surface area contributed by atoms with E-state index in [4.69, 9.17) is 0 Å². The van der Waals surface area contributed by atoms with Crippen molar-refractivity contribution in [3.05, 3.63) is 65.2 Å². The summed E-state index contributed by atoms with van der Waals surface area (Å²) in [6.45, 7) is 0. The minimum Gasteiger partial charge on any atom is -0.726 e. The summed E-state index contributed by atoms with van der Waals surface area (Å²) in [6.07, 6.45) is 1.01. The number of aryl methyl sites for hydroxylation is 1. The van der Waals surface area contributed by atoms with Crippen LogP contribution in [-0.2, 0) is 28.1 Å². The van der Waals surface area contributed by atoms with Crippen molar-refractivity contribution in [3.8, 4) is 0 Å². The number of benzene rings is 2. The first-order valence-corrected chi connectivity index (χ1v) is 8.97. The molecule has 3 aromatic rings. The number of hydrogen-bond acceptors (Lipinski definition) is 5. The first-order chi connectivity index (χ1) is 10.9. The molecule has 1 heterocycles. The van der Waals surface area contributed by atoms with E-state index < -0.39 is 10.4 Å². The molecule has 0 N–H and O–H groups in total. The van der Waals surface area contributed by atoms with Crippen LogP contribution < -0.4 is 4.57 Å². The molecule has 1 aromatic heterocycles. The fraction of sp³-hybridized carbons (Fsp3) is 0.188. The SMILES string of the molecule is COS(=O)(=O)[O-].C[n+]1c(Cc2ccccc2)sc2ccccc21. The predicted molar refractivity (Wildman–Crippen MR) is 89.0 cm³/mol. The molecule has 0 atom stereocenters. The molecule has 5 nitrogen and oxygen atoms in total. The molecular weight excluding hydrogens is 334 g/mol. The third-order valence-electron chi connectivity index (χ3n) is 3.23. The Bertz CT molecular complexity index is 873. The van der Waals surface area contributed by atoms with Crippen LogP contribution in [0.3, 0.4) is 0 Å². The molecule has 0 spiro atoms. The Labute approximate surface area is 139 Å². The lowest BCUT2D eigenvalue weighted by molar-refractivity contribution is -0.647. The van der Waals surface area contributed by atoms with Crippen LogP contribution in [0.15, 0.2) is 54.6 Å². The number of rotatable bonds is 3. The lowest BCUT2D eigenvalue weighted by Crippen LogP contribution is -2.30. The van der Waals surface area contributed by atoms with E-state index in [0.717, 1.165) is 13.5 Å². The second-order valence-corrected chi connectivity index (χ2v) is 7.02. The average molecular weight is 351 g/mol. The summed E-state index contributed by atoms with van der Waals surface area (Å²) in [7, 11) is -1.45. The van der Waals surface area contributed by atoms with Gasteiger partial charge in [0, 0.05) is 6.07 Å². The quantitative estimate of drug-likeness (QED) is 0.413. The predicted octanol–water partition coefficient (Wildman–Crippen LogP) is 2.41. The molecule has 122 valence electrons. The van der Waals surface area contributed by atoms with E-state index >= 15 is 0 Å². The molecular formula is C16H17NO4S2. The topological polar surface area (TPSA) is 70.3 Å². The standard InChI is InChI=1S/C15H14NS.CH4O4S/c1-16-13-9-5-6-10-14(13)17-15(16)11-12-7-3-2-4-8-12;1-5-6(2,3)4/h2-10H,11H2,1H3;1H3,(H,2,3,4)/q+1;/p-1.